The summed E-state index contributed by atoms with van der Waals surface area (Å²) in [5.41, 5.74) is 2.00. The van der Waals surface area contributed by atoms with Gasteiger partial charge in [-0.05, 0) is 12.1 Å². The van der Waals surface area contributed by atoms with Gasteiger partial charge in [0.25, 0.3) is 5.91 Å². The van der Waals surface area contributed by atoms with Crippen LogP contribution in [0.2, 0.25) is 0 Å². The van der Waals surface area contributed by atoms with Gasteiger partial charge in [-0.2, -0.15) is 0 Å². The van der Waals surface area contributed by atoms with Crippen molar-refractivity contribution in [1.29, 1.82) is 0 Å². The van der Waals surface area contributed by atoms with Crippen molar-refractivity contribution in [3.63, 3.8) is 0 Å². The molecule has 0 bridgehead atoms. The predicted octanol–water partition coefficient (Wildman–Crippen LogP) is 3.63. The second-order valence-electron chi connectivity index (χ2n) is 7.53. The molecule has 1 aliphatic heterocycles. The lowest BCUT2D eigenvalue weighted by atomic mass is 10.1. The Kier molecular flexibility index (Phi) is 5.87. The summed E-state index contributed by atoms with van der Waals surface area (Å²) < 4.78 is 20.8. The molecule has 1 saturated heterocycles. The van der Waals surface area contributed by atoms with Crippen molar-refractivity contribution >= 4 is 55.0 Å². The quantitative estimate of drug-likeness (QED) is 0.458. The number of morpholine rings is 1. The van der Waals surface area contributed by atoms with E-state index in [9.17, 15) is 9.18 Å². The molecule has 4 heterocycles. The van der Waals surface area contributed by atoms with Crippen LogP contribution < -0.4 is 10.2 Å². The summed E-state index contributed by atoms with van der Waals surface area (Å²) in [5, 5.41) is 6.00. The molecule has 0 saturated carbocycles. The number of carbonyl (C=O) groups excluding carboxylic acids is 1. The number of rotatable bonds is 5. The van der Waals surface area contributed by atoms with E-state index >= 15 is 0 Å². The maximum atomic E-state index is 14.6. The SMILES string of the molecule is CN(C)c1nc2ccc(-c3nc(Nc4nc(C(=O)N5CCOCC5)cs4)ncc3F)cc2s1. The maximum Gasteiger partial charge on any atom is 0.273 e. The highest BCUT2D eigenvalue weighted by atomic mass is 32.1. The van der Waals surface area contributed by atoms with Gasteiger partial charge in [0.05, 0.1) is 29.6 Å². The Morgan fingerprint density at radius 3 is 2.82 bits per heavy atom. The molecule has 0 spiro atoms. The normalized spacial score (nSPS) is 14.0. The maximum absolute atomic E-state index is 14.6. The first-order valence-electron chi connectivity index (χ1n) is 10.2. The summed E-state index contributed by atoms with van der Waals surface area (Å²) in [6, 6.07) is 5.52. The van der Waals surface area contributed by atoms with Crippen LogP contribution in [0.4, 0.5) is 20.6 Å². The molecule has 33 heavy (non-hydrogen) atoms. The summed E-state index contributed by atoms with van der Waals surface area (Å²) >= 11 is 2.79. The Labute approximate surface area is 196 Å². The molecule has 170 valence electrons. The first-order valence-corrected chi connectivity index (χ1v) is 11.9. The molecule has 0 unspecified atom stereocenters. The van der Waals surface area contributed by atoms with E-state index in [0.717, 1.165) is 21.5 Å². The third kappa shape index (κ3) is 4.49. The molecular formula is C21H20FN7O2S2. The van der Waals surface area contributed by atoms with Crippen LogP contribution in [0.5, 0.6) is 0 Å². The Hall–Kier alpha value is -3.22. The highest BCUT2D eigenvalue weighted by Crippen LogP contribution is 2.32. The molecule has 9 nitrogen and oxygen atoms in total. The average Bonchev–Trinajstić information content (AvgIpc) is 3.47. The second kappa shape index (κ2) is 8.96. The van der Waals surface area contributed by atoms with Gasteiger partial charge in [0.15, 0.2) is 16.1 Å². The highest BCUT2D eigenvalue weighted by Gasteiger charge is 2.21. The summed E-state index contributed by atoms with van der Waals surface area (Å²) in [6.45, 7) is 2.14. The third-order valence-corrected chi connectivity index (χ3v) is 6.96. The smallest absolute Gasteiger partial charge is 0.273 e. The third-order valence-electron chi connectivity index (χ3n) is 5.02. The van der Waals surface area contributed by atoms with Crippen LogP contribution in [0.1, 0.15) is 10.5 Å². The van der Waals surface area contributed by atoms with Gasteiger partial charge in [-0.15, -0.1) is 11.3 Å². The zero-order valence-electron chi connectivity index (χ0n) is 17.9. The van der Waals surface area contributed by atoms with E-state index in [0.29, 0.717) is 42.7 Å². The van der Waals surface area contributed by atoms with Gasteiger partial charge in [-0.3, -0.25) is 4.79 Å². The van der Waals surface area contributed by atoms with Gasteiger partial charge in [0.2, 0.25) is 5.95 Å². The summed E-state index contributed by atoms with van der Waals surface area (Å²) in [7, 11) is 3.86. The van der Waals surface area contributed by atoms with Crippen molar-refractivity contribution in [2.45, 2.75) is 0 Å². The van der Waals surface area contributed by atoms with Crippen molar-refractivity contribution in [3.8, 4) is 11.3 Å². The van der Waals surface area contributed by atoms with Crippen molar-refractivity contribution < 1.29 is 13.9 Å². The van der Waals surface area contributed by atoms with Gasteiger partial charge in [0, 0.05) is 38.1 Å². The minimum absolute atomic E-state index is 0.140. The summed E-state index contributed by atoms with van der Waals surface area (Å²) in [6.07, 6.45) is 1.13. The van der Waals surface area contributed by atoms with Crippen LogP contribution >= 0.6 is 22.7 Å². The number of aromatic nitrogens is 4. The van der Waals surface area contributed by atoms with Gasteiger partial charge in [0.1, 0.15) is 11.4 Å². The standard InChI is InChI=1S/C21H20FN7O2S2/c1-28(2)21-25-14-4-3-12(9-16(14)33-21)17-13(22)10-23-19(26-17)27-20-24-15(11-32-20)18(30)29-5-7-31-8-6-29/h3-4,9-11H,5-8H2,1-2H3,(H,23,24,26,27). The number of fused-ring (bicyclic) bond motifs is 1. The molecule has 0 atom stereocenters. The van der Waals surface area contributed by atoms with Gasteiger partial charge in [-0.1, -0.05) is 17.4 Å². The first-order chi connectivity index (χ1) is 16.0. The Morgan fingerprint density at radius 2 is 2.03 bits per heavy atom. The molecule has 0 radical (unpaired) electrons. The van der Waals surface area contributed by atoms with Gasteiger partial charge in [-0.25, -0.2) is 24.3 Å². The number of anilines is 3. The molecular weight excluding hydrogens is 465 g/mol. The molecule has 5 rings (SSSR count). The van der Waals surface area contributed by atoms with Crippen LogP contribution in [-0.4, -0.2) is 71.1 Å². The largest absolute Gasteiger partial charge is 0.378 e. The lowest BCUT2D eigenvalue weighted by Gasteiger charge is -2.25. The number of nitrogens with one attached hydrogen (secondary N) is 1. The molecule has 12 heteroatoms. The number of benzene rings is 1. The molecule has 1 N–H and O–H groups in total. The van der Waals surface area contributed by atoms with Crippen LogP contribution in [0, 0.1) is 5.82 Å². The Bertz CT molecular complexity index is 1320. The van der Waals surface area contributed by atoms with Crippen molar-refractivity contribution in [1.82, 2.24) is 24.8 Å². The van der Waals surface area contributed by atoms with E-state index < -0.39 is 5.82 Å². The topological polar surface area (TPSA) is 96.4 Å². The summed E-state index contributed by atoms with van der Waals surface area (Å²) in [5.74, 6) is -0.470. The van der Waals surface area contributed by atoms with Crippen LogP contribution in [0.3, 0.4) is 0 Å². The molecule has 0 aliphatic carbocycles. The number of ether oxygens (including phenoxy) is 1. The van der Waals surface area contributed by atoms with Crippen LogP contribution in [-0.2, 0) is 4.74 Å². The fraction of sp³-hybridized carbons (Fsp3) is 0.286. The zero-order valence-corrected chi connectivity index (χ0v) is 19.5. The van der Waals surface area contributed by atoms with E-state index in [1.54, 1.807) is 16.3 Å². The van der Waals surface area contributed by atoms with Crippen LogP contribution in [0.25, 0.3) is 21.5 Å². The fourth-order valence-corrected chi connectivity index (χ4v) is 4.94. The van der Waals surface area contributed by atoms with Crippen molar-refractivity contribution in [2.75, 3.05) is 50.6 Å². The zero-order chi connectivity index (χ0) is 22.9. The first kappa shape index (κ1) is 21.6. The van der Waals surface area contributed by atoms with E-state index in [1.165, 1.54) is 22.7 Å². The van der Waals surface area contributed by atoms with Gasteiger partial charge >= 0.3 is 0 Å². The number of hydrogen-bond acceptors (Lipinski definition) is 10. The minimum Gasteiger partial charge on any atom is -0.378 e. The molecule has 1 fully saturated rings. The highest BCUT2D eigenvalue weighted by molar-refractivity contribution is 7.22. The number of nitrogens with zero attached hydrogens (tertiary/aromatic N) is 6. The number of carbonyl (C=O) groups is 1. The molecule has 1 aromatic carbocycles. The molecule has 3 aromatic heterocycles. The van der Waals surface area contributed by atoms with E-state index in [4.69, 9.17) is 4.74 Å². The molecule has 4 aromatic rings. The van der Waals surface area contributed by atoms with E-state index in [1.807, 2.05) is 31.1 Å². The minimum atomic E-state index is -0.528. The molecule has 1 aliphatic rings. The number of halogens is 1. The van der Waals surface area contributed by atoms with Crippen molar-refractivity contribution in [3.05, 3.63) is 41.3 Å². The fourth-order valence-electron chi connectivity index (χ4n) is 3.33. The lowest BCUT2D eigenvalue weighted by Crippen LogP contribution is -2.40. The number of hydrogen-bond donors (Lipinski definition) is 1. The molecule has 1 amide bonds. The summed E-state index contributed by atoms with van der Waals surface area (Å²) in [4.78, 5) is 33.6. The monoisotopic (exact) mass is 485 g/mol. The Balaban J connectivity index is 1.38. The number of amides is 1. The van der Waals surface area contributed by atoms with Gasteiger partial charge < -0.3 is 19.9 Å². The van der Waals surface area contributed by atoms with E-state index in [2.05, 4.69) is 25.3 Å². The van der Waals surface area contributed by atoms with Crippen LogP contribution in [0.15, 0.2) is 29.8 Å². The Morgan fingerprint density at radius 1 is 1.21 bits per heavy atom. The van der Waals surface area contributed by atoms with Crippen molar-refractivity contribution in [2.24, 2.45) is 0 Å². The average molecular weight is 486 g/mol. The second-order valence-corrected chi connectivity index (χ2v) is 9.40. The number of thiazole rings is 2. The predicted molar refractivity (Wildman–Crippen MR) is 127 cm³/mol. The van der Waals surface area contributed by atoms with E-state index in [-0.39, 0.29) is 17.5 Å². The lowest BCUT2D eigenvalue weighted by molar-refractivity contribution is 0.0299.